The van der Waals surface area contributed by atoms with E-state index in [1.807, 2.05) is 30.3 Å². The molecule has 0 saturated carbocycles. The summed E-state index contributed by atoms with van der Waals surface area (Å²) >= 11 is 0. The first kappa shape index (κ1) is 11.5. The van der Waals surface area contributed by atoms with E-state index in [2.05, 4.69) is 10.2 Å². The quantitative estimate of drug-likeness (QED) is 0.557. The average Bonchev–Trinajstić information content (AvgIpc) is 2.28. The van der Waals surface area contributed by atoms with Gasteiger partial charge >= 0.3 is 6.09 Å². The SMILES string of the molecule is NOCCOC(=O)NCc1ccccc1. The summed E-state index contributed by atoms with van der Waals surface area (Å²) in [5.41, 5.74) is 1.02. The third-order valence-corrected chi connectivity index (χ3v) is 1.71. The van der Waals surface area contributed by atoms with Gasteiger partial charge in [0.25, 0.3) is 0 Å². The van der Waals surface area contributed by atoms with Crippen LogP contribution in [0.3, 0.4) is 0 Å². The highest BCUT2D eigenvalue weighted by molar-refractivity contribution is 5.67. The van der Waals surface area contributed by atoms with Crippen LogP contribution in [0.2, 0.25) is 0 Å². The van der Waals surface area contributed by atoms with E-state index in [1.165, 1.54) is 0 Å². The lowest BCUT2D eigenvalue weighted by Gasteiger charge is -2.05. The second-order valence-electron chi connectivity index (χ2n) is 2.85. The van der Waals surface area contributed by atoms with Crippen molar-refractivity contribution in [3.05, 3.63) is 35.9 Å². The van der Waals surface area contributed by atoms with Crippen molar-refractivity contribution >= 4 is 6.09 Å². The first-order chi connectivity index (χ1) is 7.33. The Morgan fingerprint density at radius 1 is 1.27 bits per heavy atom. The molecule has 0 heterocycles. The average molecular weight is 210 g/mol. The van der Waals surface area contributed by atoms with E-state index in [4.69, 9.17) is 10.6 Å². The van der Waals surface area contributed by atoms with Gasteiger partial charge < -0.3 is 14.9 Å². The van der Waals surface area contributed by atoms with Crippen LogP contribution in [-0.2, 0) is 16.1 Å². The van der Waals surface area contributed by atoms with Crippen molar-refractivity contribution in [2.75, 3.05) is 13.2 Å². The third kappa shape index (κ3) is 4.99. The number of hydrogen-bond donors (Lipinski definition) is 2. The van der Waals surface area contributed by atoms with Crippen LogP contribution >= 0.6 is 0 Å². The molecule has 0 aliphatic rings. The number of benzene rings is 1. The fourth-order valence-electron chi connectivity index (χ4n) is 1.00. The molecule has 0 radical (unpaired) electrons. The molecule has 0 aliphatic carbocycles. The summed E-state index contributed by atoms with van der Waals surface area (Å²) in [4.78, 5) is 15.3. The molecule has 0 spiro atoms. The third-order valence-electron chi connectivity index (χ3n) is 1.71. The Morgan fingerprint density at radius 2 is 2.00 bits per heavy atom. The molecular weight excluding hydrogens is 196 g/mol. The highest BCUT2D eigenvalue weighted by atomic mass is 16.6. The van der Waals surface area contributed by atoms with E-state index >= 15 is 0 Å². The zero-order chi connectivity index (χ0) is 10.9. The molecule has 0 saturated heterocycles. The van der Waals surface area contributed by atoms with Crippen molar-refractivity contribution in [2.45, 2.75) is 6.54 Å². The van der Waals surface area contributed by atoms with Gasteiger partial charge in [-0.3, -0.25) is 0 Å². The number of carbonyl (C=O) groups is 1. The molecule has 0 aliphatic heterocycles. The van der Waals surface area contributed by atoms with Crippen LogP contribution in [0.1, 0.15) is 5.56 Å². The van der Waals surface area contributed by atoms with Crippen molar-refractivity contribution in [3.63, 3.8) is 0 Å². The molecule has 82 valence electrons. The van der Waals surface area contributed by atoms with E-state index < -0.39 is 6.09 Å². The van der Waals surface area contributed by atoms with Crippen molar-refractivity contribution in [2.24, 2.45) is 5.90 Å². The number of alkyl carbamates (subject to hydrolysis) is 1. The number of amides is 1. The van der Waals surface area contributed by atoms with Crippen LogP contribution in [-0.4, -0.2) is 19.3 Å². The first-order valence-electron chi connectivity index (χ1n) is 4.59. The molecule has 1 aromatic carbocycles. The topological polar surface area (TPSA) is 73.6 Å². The molecule has 0 unspecified atom stereocenters. The van der Waals surface area contributed by atoms with E-state index in [1.54, 1.807) is 0 Å². The highest BCUT2D eigenvalue weighted by Crippen LogP contribution is 1.97. The minimum atomic E-state index is -0.476. The fraction of sp³-hybridized carbons (Fsp3) is 0.300. The summed E-state index contributed by atoms with van der Waals surface area (Å²) in [6.45, 7) is 0.791. The van der Waals surface area contributed by atoms with E-state index in [9.17, 15) is 4.79 Å². The Morgan fingerprint density at radius 3 is 2.67 bits per heavy atom. The summed E-state index contributed by atoms with van der Waals surface area (Å²) in [6, 6.07) is 9.57. The number of rotatable bonds is 5. The molecule has 3 N–H and O–H groups in total. The Labute approximate surface area is 88.1 Å². The van der Waals surface area contributed by atoms with Gasteiger partial charge in [0, 0.05) is 6.54 Å². The number of nitrogens with one attached hydrogen (secondary N) is 1. The minimum Gasteiger partial charge on any atom is -0.447 e. The lowest BCUT2D eigenvalue weighted by molar-refractivity contribution is 0.0732. The van der Waals surface area contributed by atoms with Crippen LogP contribution < -0.4 is 11.2 Å². The van der Waals surface area contributed by atoms with Gasteiger partial charge in [-0.15, -0.1) is 0 Å². The smallest absolute Gasteiger partial charge is 0.407 e. The normalized spacial score (nSPS) is 9.67. The molecule has 0 bridgehead atoms. The van der Waals surface area contributed by atoms with Gasteiger partial charge in [0.1, 0.15) is 13.2 Å². The zero-order valence-electron chi connectivity index (χ0n) is 8.31. The van der Waals surface area contributed by atoms with Gasteiger partial charge in [-0.1, -0.05) is 30.3 Å². The molecule has 0 atom stereocenters. The standard InChI is InChI=1S/C10H14N2O3/c11-15-7-6-14-10(13)12-8-9-4-2-1-3-5-9/h1-5H,6-8,11H2,(H,12,13). The van der Waals surface area contributed by atoms with Crippen LogP contribution in [0.4, 0.5) is 4.79 Å². The lowest BCUT2D eigenvalue weighted by atomic mass is 10.2. The molecule has 1 amide bonds. The summed E-state index contributed by atoms with van der Waals surface area (Å²) < 4.78 is 4.75. The van der Waals surface area contributed by atoms with Crippen LogP contribution in [0.25, 0.3) is 0 Å². The fourth-order valence-corrected chi connectivity index (χ4v) is 1.00. The minimum absolute atomic E-state index is 0.150. The predicted octanol–water partition coefficient (Wildman–Crippen LogP) is 0.803. The van der Waals surface area contributed by atoms with Gasteiger partial charge in [-0.2, -0.15) is 0 Å². The predicted molar refractivity (Wildman–Crippen MR) is 54.8 cm³/mol. The Balaban J connectivity index is 2.17. The van der Waals surface area contributed by atoms with Crippen LogP contribution in [0, 0.1) is 0 Å². The maximum absolute atomic E-state index is 11.1. The lowest BCUT2D eigenvalue weighted by Crippen LogP contribution is -2.25. The maximum Gasteiger partial charge on any atom is 0.407 e. The van der Waals surface area contributed by atoms with Gasteiger partial charge in [0.15, 0.2) is 0 Å². The van der Waals surface area contributed by atoms with E-state index in [0.717, 1.165) is 5.56 Å². The number of carbonyl (C=O) groups excluding carboxylic acids is 1. The van der Waals surface area contributed by atoms with E-state index in [0.29, 0.717) is 6.54 Å². The van der Waals surface area contributed by atoms with Crippen molar-refractivity contribution in [3.8, 4) is 0 Å². The molecule has 1 aromatic rings. The van der Waals surface area contributed by atoms with Crippen LogP contribution in [0.5, 0.6) is 0 Å². The number of nitrogens with two attached hydrogens (primary N) is 1. The molecule has 5 heteroatoms. The highest BCUT2D eigenvalue weighted by Gasteiger charge is 2.00. The van der Waals surface area contributed by atoms with Gasteiger partial charge in [0.2, 0.25) is 0 Å². The summed E-state index contributed by atoms with van der Waals surface area (Å²) in [5.74, 6) is 4.77. The van der Waals surface area contributed by atoms with Crippen molar-refractivity contribution < 1.29 is 14.4 Å². The van der Waals surface area contributed by atoms with Crippen molar-refractivity contribution in [1.29, 1.82) is 0 Å². The maximum atomic E-state index is 11.1. The Hall–Kier alpha value is -1.59. The largest absolute Gasteiger partial charge is 0.447 e. The Bertz CT molecular complexity index is 290. The number of ether oxygens (including phenoxy) is 1. The molecular formula is C10H14N2O3. The molecule has 5 nitrogen and oxygen atoms in total. The van der Waals surface area contributed by atoms with Gasteiger partial charge in [-0.25, -0.2) is 10.7 Å². The van der Waals surface area contributed by atoms with Crippen LogP contribution in [0.15, 0.2) is 30.3 Å². The monoisotopic (exact) mass is 210 g/mol. The summed E-state index contributed by atoms with van der Waals surface area (Å²) in [6.07, 6.45) is -0.476. The van der Waals surface area contributed by atoms with E-state index in [-0.39, 0.29) is 13.2 Å². The molecule has 0 aromatic heterocycles. The summed E-state index contributed by atoms with van der Waals surface area (Å²) in [7, 11) is 0. The Kier molecular flexibility index (Phi) is 5.21. The first-order valence-corrected chi connectivity index (χ1v) is 4.59. The second-order valence-corrected chi connectivity index (χ2v) is 2.85. The van der Waals surface area contributed by atoms with Gasteiger partial charge in [0.05, 0.1) is 0 Å². The molecule has 15 heavy (non-hydrogen) atoms. The van der Waals surface area contributed by atoms with Gasteiger partial charge in [-0.05, 0) is 5.56 Å². The zero-order valence-corrected chi connectivity index (χ0v) is 8.31. The second kappa shape index (κ2) is 6.80. The van der Waals surface area contributed by atoms with Crippen molar-refractivity contribution in [1.82, 2.24) is 5.32 Å². The molecule has 1 rings (SSSR count). The number of hydrogen-bond acceptors (Lipinski definition) is 4. The summed E-state index contributed by atoms with van der Waals surface area (Å²) in [5, 5.41) is 2.60. The molecule has 0 fully saturated rings.